The summed E-state index contributed by atoms with van der Waals surface area (Å²) in [5.41, 5.74) is -3.63. The summed E-state index contributed by atoms with van der Waals surface area (Å²) in [5.74, 6) is -1.32. The molecule has 1 unspecified atom stereocenters. The quantitative estimate of drug-likeness (QED) is 0.527. The lowest BCUT2D eigenvalue weighted by Gasteiger charge is -2.16. The van der Waals surface area contributed by atoms with Crippen molar-refractivity contribution in [1.82, 2.24) is 0 Å². The first-order valence-electron chi connectivity index (χ1n) is 4.86. The van der Waals surface area contributed by atoms with E-state index in [4.69, 9.17) is 14.5 Å². The maximum Gasteiger partial charge on any atom is 0.320 e. The SMILES string of the molecule is CCOC(=O)CC(SP(O)(O)=S)C(=O)OCC. The molecule has 0 aromatic heterocycles. The number of hydrogen-bond donors (Lipinski definition) is 2. The number of ether oxygens (including phenoxy) is 2. The van der Waals surface area contributed by atoms with Gasteiger partial charge in [-0.25, -0.2) is 0 Å². The van der Waals surface area contributed by atoms with Crippen molar-refractivity contribution < 1.29 is 28.8 Å². The highest BCUT2D eigenvalue weighted by Gasteiger charge is 2.29. The predicted octanol–water partition coefficient (Wildman–Crippen LogP) is 0.814. The Kier molecular flexibility index (Phi) is 7.98. The number of carbonyl (C=O) groups is 2. The molecule has 100 valence electrons. The molecule has 0 fully saturated rings. The van der Waals surface area contributed by atoms with E-state index in [0.717, 1.165) is 0 Å². The molecule has 0 aromatic rings. The Balaban J connectivity index is 4.56. The smallest absolute Gasteiger partial charge is 0.320 e. The molecular weight excluding hydrogens is 287 g/mol. The molecule has 1 atom stereocenters. The van der Waals surface area contributed by atoms with Crippen LogP contribution in [-0.4, -0.2) is 40.2 Å². The summed E-state index contributed by atoms with van der Waals surface area (Å²) < 4.78 is 9.38. The number of hydrogen-bond acceptors (Lipinski definition) is 6. The van der Waals surface area contributed by atoms with E-state index in [1.807, 2.05) is 0 Å². The molecule has 0 aliphatic heterocycles. The van der Waals surface area contributed by atoms with Crippen molar-refractivity contribution in [3.8, 4) is 0 Å². The predicted molar refractivity (Wildman–Crippen MR) is 68.0 cm³/mol. The van der Waals surface area contributed by atoms with E-state index in [1.165, 1.54) is 0 Å². The van der Waals surface area contributed by atoms with E-state index in [-0.39, 0.29) is 19.6 Å². The van der Waals surface area contributed by atoms with E-state index in [2.05, 4.69) is 16.5 Å². The van der Waals surface area contributed by atoms with Gasteiger partial charge in [0, 0.05) is 0 Å². The Bertz CT molecular complexity index is 315. The lowest BCUT2D eigenvalue weighted by atomic mass is 10.3. The molecule has 6 nitrogen and oxygen atoms in total. The van der Waals surface area contributed by atoms with Crippen molar-refractivity contribution in [2.24, 2.45) is 0 Å². The van der Waals surface area contributed by atoms with Crippen molar-refractivity contribution >= 4 is 40.8 Å². The zero-order chi connectivity index (χ0) is 13.5. The Labute approximate surface area is 109 Å². The van der Waals surface area contributed by atoms with Crippen molar-refractivity contribution in [1.29, 1.82) is 0 Å². The van der Waals surface area contributed by atoms with Gasteiger partial charge in [-0.05, 0) is 25.7 Å². The number of esters is 2. The zero-order valence-electron chi connectivity index (χ0n) is 9.49. The summed E-state index contributed by atoms with van der Waals surface area (Å²) in [6.45, 7) is 3.56. The summed E-state index contributed by atoms with van der Waals surface area (Å²) in [7, 11) is 0. The van der Waals surface area contributed by atoms with Gasteiger partial charge in [0.2, 0.25) is 5.69 Å². The number of carbonyl (C=O) groups excluding carboxylic acids is 2. The van der Waals surface area contributed by atoms with Crippen LogP contribution in [-0.2, 0) is 30.9 Å². The number of rotatable bonds is 7. The minimum atomic E-state index is -3.63. The first kappa shape index (κ1) is 16.9. The van der Waals surface area contributed by atoms with Crippen molar-refractivity contribution in [3.63, 3.8) is 0 Å². The van der Waals surface area contributed by atoms with Gasteiger partial charge in [0.25, 0.3) is 0 Å². The van der Waals surface area contributed by atoms with Crippen molar-refractivity contribution in [2.45, 2.75) is 25.5 Å². The van der Waals surface area contributed by atoms with Crippen LogP contribution in [0.25, 0.3) is 0 Å². The fraction of sp³-hybridized carbons (Fsp3) is 0.750. The molecule has 9 heteroatoms. The molecule has 0 saturated heterocycles. The summed E-state index contributed by atoms with van der Waals surface area (Å²) in [6.07, 6.45) is -0.295. The normalized spacial score (nSPS) is 12.9. The van der Waals surface area contributed by atoms with Crippen LogP contribution in [0.5, 0.6) is 0 Å². The van der Waals surface area contributed by atoms with E-state index in [1.54, 1.807) is 13.8 Å². The lowest BCUT2D eigenvalue weighted by molar-refractivity contribution is -0.149. The second kappa shape index (κ2) is 8.05. The molecule has 0 aliphatic carbocycles. The molecule has 2 N–H and O–H groups in total. The topological polar surface area (TPSA) is 93.1 Å². The van der Waals surface area contributed by atoms with Crippen LogP contribution in [0.2, 0.25) is 0 Å². The largest absolute Gasteiger partial charge is 0.466 e. The van der Waals surface area contributed by atoms with Crippen LogP contribution < -0.4 is 0 Å². The maximum atomic E-state index is 11.5. The van der Waals surface area contributed by atoms with Crippen molar-refractivity contribution in [3.05, 3.63) is 0 Å². The van der Waals surface area contributed by atoms with Crippen LogP contribution in [0.3, 0.4) is 0 Å². The molecule has 0 radical (unpaired) electrons. The van der Waals surface area contributed by atoms with Gasteiger partial charge < -0.3 is 19.3 Å². The minimum Gasteiger partial charge on any atom is -0.466 e. The standard InChI is InChI=1S/C8H15O6PS2/c1-3-13-7(9)5-6(8(10)14-4-2)17-15(11,12)16/h6H,3-5H2,1-2H3,(H2,11,12,16). The lowest BCUT2D eigenvalue weighted by Crippen LogP contribution is -2.24. The van der Waals surface area contributed by atoms with Crippen molar-refractivity contribution in [2.75, 3.05) is 13.2 Å². The molecule has 0 aromatic carbocycles. The van der Waals surface area contributed by atoms with Crippen LogP contribution >= 0.6 is 17.1 Å². The Hall–Kier alpha value is -0.140. The van der Waals surface area contributed by atoms with Gasteiger partial charge in [-0.2, -0.15) is 0 Å². The summed E-state index contributed by atoms with van der Waals surface area (Å²) >= 11 is 4.87. The highest BCUT2D eigenvalue weighted by molar-refractivity contribution is 8.67. The second-order valence-corrected chi connectivity index (χ2v) is 8.99. The molecule has 0 rings (SSSR count). The molecular formula is C8H15O6PS2. The van der Waals surface area contributed by atoms with Crippen LogP contribution in [0, 0.1) is 0 Å². The Morgan fingerprint density at radius 1 is 1.29 bits per heavy atom. The second-order valence-electron chi connectivity index (χ2n) is 2.85. The molecule has 0 spiro atoms. The third-order valence-corrected chi connectivity index (χ3v) is 4.72. The molecule has 17 heavy (non-hydrogen) atoms. The van der Waals surface area contributed by atoms with Gasteiger partial charge in [0.1, 0.15) is 5.25 Å². The third-order valence-electron chi connectivity index (χ3n) is 1.47. The van der Waals surface area contributed by atoms with Crippen LogP contribution in [0.4, 0.5) is 0 Å². The zero-order valence-corrected chi connectivity index (χ0v) is 12.0. The average Bonchev–Trinajstić information content (AvgIpc) is 2.15. The highest BCUT2D eigenvalue weighted by atomic mass is 32.9. The summed E-state index contributed by atoms with van der Waals surface area (Å²) in [6, 6.07) is 0. The van der Waals surface area contributed by atoms with E-state index < -0.39 is 22.9 Å². The molecule has 0 saturated carbocycles. The van der Waals surface area contributed by atoms with Gasteiger partial charge in [-0.1, -0.05) is 11.4 Å². The van der Waals surface area contributed by atoms with Crippen LogP contribution in [0.1, 0.15) is 20.3 Å². The molecule has 0 aliphatic rings. The summed E-state index contributed by atoms with van der Waals surface area (Å²) in [4.78, 5) is 40.9. The molecule has 0 bridgehead atoms. The van der Waals surface area contributed by atoms with E-state index in [0.29, 0.717) is 11.4 Å². The third kappa shape index (κ3) is 8.57. The average molecular weight is 302 g/mol. The van der Waals surface area contributed by atoms with Gasteiger partial charge in [-0.3, -0.25) is 9.59 Å². The van der Waals surface area contributed by atoms with Gasteiger partial charge in [-0.15, -0.1) is 0 Å². The van der Waals surface area contributed by atoms with E-state index in [9.17, 15) is 9.59 Å². The fourth-order valence-corrected chi connectivity index (χ4v) is 4.04. The van der Waals surface area contributed by atoms with Gasteiger partial charge >= 0.3 is 11.9 Å². The van der Waals surface area contributed by atoms with Gasteiger partial charge in [0.05, 0.1) is 19.6 Å². The first-order valence-corrected chi connectivity index (χ1v) is 9.05. The fourth-order valence-electron chi connectivity index (χ4n) is 0.936. The Morgan fingerprint density at radius 3 is 2.24 bits per heavy atom. The van der Waals surface area contributed by atoms with E-state index >= 15 is 0 Å². The highest BCUT2D eigenvalue weighted by Crippen LogP contribution is 2.53. The molecule has 0 heterocycles. The summed E-state index contributed by atoms with van der Waals surface area (Å²) in [5, 5.41) is -1.05. The molecule has 0 amide bonds. The van der Waals surface area contributed by atoms with Crippen LogP contribution in [0.15, 0.2) is 0 Å². The maximum absolute atomic E-state index is 11.5. The Morgan fingerprint density at radius 2 is 1.82 bits per heavy atom. The first-order chi connectivity index (χ1) is 7.80. The van der Waals surface area contributed by atoms with Gasteiger partial charge in [0.15, 0.2) is 0 Å². The monoisotopic (exact) mass is 302 g/mol. The minimum absolute atomic E-state index is 0.137.